The number of halogens is 4. The highest BCUT2D eigenvalue weighted by molar-refractivity contribution is 6.31. The van der Waals surface area contributed by atoms with Gasteiger partial charge in [0.2, 0.25) is 0 Å². The molecule has 176 valence electrons. The van der Waals surface area contributed by atoms with Crippen LogP contribution in [0, 0.1) is 24.4 Å². The third-order valence-electron chi connectivity index (χ3n) is 5.55. The van der Waals surface area contributed by atoms with Crippen molar-refractivity contribution in [3.63, 3.8) is 0 Å². The second-order valence-electron chi connectivity index (χ2n) is 7.82. The first-order valence-electron chi connectivity index (χ1n) is 10.3. The van der Waals surface area contributed by atoms with Gasteiger partial charge in [-0.25, -0.2) is 18.2 Å². The first kappa shape index (κ1) is 22.7. The standard InChI is InChI=1S/C25H17ClF3N5O/c1-13-10-33(12-30-13)21-5-4-15(8-22(21)35-3)24-18-9-17(26)11-34(25(18)32-31-24)14(2)16-6-19(27)23(29)20(28)7-16/h4-12H,2H2,1,3H3. The predicted molar refractivity (Wildman–Crippen MR) is 126 cm³/mol. The Morgan fingerprint density at radius 1 is 1.03 bits per heavy atom. The van der Waals surface area contributed by atoms with Crippen LogP contribution in [0.1, 0.15) is 11.3 Å². The van der Waals surface area contributed by atoms with Crippen molar-refractivity contribution in [2.45, 2.75) is 6.92 Å². The number of imidazole rings is 1. The van der Waals surface area contributed by atoms with Gasteiger partial charge in [-0.2, -0.15) is 0 Å². The molecule has 10 heteroatoms. The molecule has 0 unspecified atom stereocenters. The number of aryl methyl sites for hydroxylation is 1. The number of hydrogen-bond acceptors (Lipinski definition) is 4. The van der Waals surface area contributed by atoms with Crippen molar-refractivity contribution < 1.29 is 17.9 Å². The fourth-order valence-electron chi connectivity index (χ4n) is 3.85. The lowest BCUT2D eigenvalue weighted by molar-refractivity contribution is 0.413. The van der Waals surface area contributed by atoms with E-state index in [1.165, 1.54) is 10.8 Å². The van der Waals surface area contributed by atoms with Crippen LogP contribution in [0.25, 0.3) is 34.0 Å². The Balaban J connectivity index is 1.58. The van der Waals surface area contributed by atoms with Gasteiger partial charge in [0.15, 0.2) is 23.3 Å². The zero-order valence-electron chi connectivity index (χ0n) is 18.6. The van der Waals surface area contributed by atoms with Crippen molar-refractivity contribution in [3.05, 3.63) is 95.4 Å². The van der Waals surface area contributed by atoms with Gasteiger partial charge in [-0.3, -0.25) is 4.57 Å². The van der Waals surface area contributed by atoms with Gasteiger partial charge in [-0.1, -0.05) is 24.2 Å². The first-order valence-corrected chi connectivity index (χ1v) is 10.7. The Morgan fingerprint density at radius 2 is 1.77 bits per heavy atom. The number of methoxy groups -OCH3 is 1. The molecule has 3 heterocycles. The molecular formula is C25H17ClF3N5O. The Bertz CT molecular complexity index is 1550. The monoisotopic (exact) mass is 495 g/mol. The summed E-state index contributed by atoms with van der Waals surface area (Å²) in [4.78, 5) is 4.25. The number of ether oxygens (including phenoxy) is 1. The van der Waals surface area contributed by atoms with Crippen molar-refractivity contribution >= 4 is 17.3 Å². The largest absolute Gasteiger partial charge is 0.495 e. The van der Waals surface area contributed by atoms with Gasteiger partial charge in [-0.15, -0.1) is 10.2 Å². The molecule has 0 atom stereocenters. The van der Waals surface area contributed by atoms with Crippen molar-refractivity contribution in [3.8, 4) is 34.1 Å². The molecule has 0 amide bonds. The van der Waals surface area contributed by atoms with Crippen LogP contribution < -0.4 is 4.74 Å². The Labute approximate surface area is 203 Å². The van der Waals surface area contributed by atoms with Crippen LogP contribution in [0.4, 0.5) is 13.2 Å². The van der Waals surface area contributed by atoms with E-state index in [9.17, 15) is 13.2 Å². The topological polar surface area (TPSA) is 57.8 Å². The van der Waals surface area contributed by atoms with Gasteiger partial charge < -0.3 is 9.30 Å². The van der Waals surface area contributed by atoms with Gasteiger partial charge >= 0.3 is 0 Å². The number of aromatic nitrogens is 5. The Morgan fingerprint density at radius 3 is 2.43 bits per heavy atom. The lowest BCUT2D eigenvalue weighted by Crippen LogP contribution is -2.05. The van der Waals surface area contributed by atoms with Crippen molar-refractivity contribution in [2.75, 3.05) is 7.11 Å². The fourth-order valence-corrected chi connectivity index (χ4v) is 4.06. The average Bonchev–Trinajstić information content (AvgIpc) is 3.47. The maximum absolute atomic E-state index is 13.8. The van der Waals surface area contributed by atoms with E-state index >= 15 is 0 Å². The molecule has 2 aliphatic rings. The van der Waals surface area contributed by atoms with Crippen LogP contribution in [0.15, 0.2) is 61.7 Å². The van der Waals surface area contributed by atoms with E-state index in [-0.39, 0.29) is 11.3 Å². The molecule has 0 bridgehead atoms. The van der Waals surface area contributed by atoms with Gasteiger partial charge in [0.25, 0.3) is 0 Å². The number of rotatable bonds is 5. The fraction of sp³-hybridized carbons (Fsp3) is 0.0800. The number of fused-ring (bicyclic) bond motifs is 1. The minimum Gasteiger partial charge on any atom is -0.495 e. The Hall–Kier alpha value is -4.11. The summed E-state index contributed by atoms with van der Waals surface area (Å²) >= 11 is 6.37. The second-order valence-corrected chi connectivity index (χ2v) is 8.26. The van der Waals surface area contributed by atoms with Crippen LogP contribution in [-0.4, -0.2) is 31.4 Å². The highest BCUT2D eigenvalue weighted by Crippen LogP contribution is 2.38. The summed E-state index contributed by atoms with van der Waals surface area (Å²) < 4.78 is 50.0. The molecule has 0 saturated heterocycles. The third kappa shape index (κ3) is 3.93. The van der Waals surface area contributed by atoms with Crippen molar-refractivity contribution in [1.82, 2.24) is 24.3 Å². The minimum absolute atomic E-state index is 0.0289. The van der Waals surface area contributed by atoms with E-state index in [0.717, 1.165) is 23.5 Å². The molecule has 35 heavy (non-hydrogen) atoms. The predicted octanol–water partition coefficient (Wildman–Crippen LogP) is 6.14. The number of hydrogen-bond donors (Lipinski definition) is 0. The zero-order chi connectivity index (χ0) is 24.9. The second kappa shape index (κ2) is 8.59. The van der Waals surface area contributed by atoms with Gasteiger partial charge in [0, 0.05) is 34.8 Å². The molecular weight excluding hydrogens is 479 g/mol. The smallest absolute Gasteiger partial charge is 0.194 e. The molecule has 0 aliphatic carbocycles. The summed E-state index contributed by atoms with van der Waals surface area (Å²) in [6, 6.07) is 8.96. The molecule has 1 aromatic heterocycles. The molecule has 0 N–H and O–H groups in total. The van der Waals surface area contributed by atoms with Crippen LogP contribution in [0.5, 0.6) is 5.75 Å². The highest BCUT2D eigenvalue weighted by Gasteiger charge is 2.23. The summed E-state index contributed by atoms with van der Waals surface area (Å²) in [7, 11) is 1.57. The van der Waals surface area contributed by atoms with Gasteiger partial charge in [0.05, 0.1) is 29.8 Å². The molecule has 3 aromatic rings. The van der Waals surface area contributed by atoms with Gasteiger partial charge in [0.1, 0.15) is 11.4 Å². The molecule has 0 spiro atoms. The summed E-state index contributed by atoms with van der Waals surface area (Å²) in [6.07, 6.45) is 5.07. The molecule has 0 saturated carbocycles. The SMILES string of the molecule is C=C(c1cc(F)c(F)c(F)c1)n1cc(Cl)cc2c(-c3ccc(-n4cnc(C)c4)c(OC)c3)nnc1-2. The van der Waals surface area contributed by atoms with E-state index in [2.05, 4.69) is 21.8 Å². The summed E-state index contributed by atoms with van der Waals surface area (Å²) in [5.41, 5.74) is 3.64. The van der Waals surface area contributed by atoms with Crippen LogP contribution in [-0.2, 0) is 0 Å². The van der Waals surface area contributed by atoms with Crippen LogP contribution >= 0.6 is 11.6 Å². The molecule has 2 aromatic carbocycles. The maximum atomic E-state index is 13.8. The normalized spacial score (nSPS) is 11.3. The quantitative estimate of drug-likeness (QED) is 0.275. The van der Waals surface area contributed by atoms with Gasteiger partial charge in [-0.05, 0) is 37.3 Å². The number of benzene rings is 2. The highest BCUT2D eigenvalue weighted by atomic mass is 35.5. The average molecular weight is 496 g/mol. The first-order chi connectivity index (χ1) is 16.8. The Kier molecular flexibility index (Phi) is 5.56. The van der Waals surface area contributed by atoms with Crippen molar-refractivity contribution in [1.29, 1.82) is 0 Å². The molecule has 0 fully saturated rings. The van der Waals surface area contributed by atoms with E-state index in [4.69, 9.17) is 16.3 Å². The number of pyridine rings is 1. The lowest BCUT2D eigenvalue weighted by Gasteiger charge is -2.16. The third-order valence-corrected chi connectivity index (χ3v) is 5.76. The van der Waals surface area contributed by atoms with E-state index in [1.807, 2.05) is 35.9 Å². The lowest BCUT2D eigenvalue weighted by atomic mass is 10.0. The molecule has 2 aliphatic heterocycles. The number of nitrogens with zero attached hydrogens (tertiary/aromatic N) is 5. The summed E-state index contributed by atoms with van der Waals surface area (Å²) in [5.74, 6) is -3.26. The van der Waals surface area contributed by atoms with Crippen LogP contribution in [0.3, 0.4) is 0 Å². The zero-order valence-corrected chi connectivity index (χ0v) is 19.3. The summed E-state index contributed by atoms with van der Waals surface area (Å²) in [5, 5.41) is 8.90. The molecule has 5 rings (SSSR count). The van der Waals surface area contributed by atoms with E-state index < -0.39 is 17.5 Å². The minimum atomic E-state index is -1.55. The van der Waals surface area contributed by atoms with Crippen LogP contribution in [0.2, 0.25) is 5.02 Å². The van der Waals surface area contributed by atoms with E-state index in [0.29, 0.717) is 33.4 Å². The van der Waals surface area contributed by atoms with E-state index in [1.54, 1.807) is 19.5 Å². The summed E-state index contributed by atoms with van der Waals surface area (Å²) in [6.45, 7) is 5.80. The molecule has 0 radical (unpaired) electrons. The molecule has 6 nitrogen and oxygen atoms in total. The maximum Gasteiger partial charge on any atom is 0.194 e. The van der Waals surface area contributed by atoms with Crippen molar-refractivity contribution in [2.24, 2.45) is 0 Å².